The lowest BCUT2D eigenvalue weighted by atomic mass is 9.97. The monoisotopic (exact) mass is 320 g/mol. The summed E-state index contributed by atoms with van der Waals surface area (Å²) in [6.45, 7) is 2.70. The van der Waals surface area contributed by atoms with Gasteiger partial charge in [-0.25, -0.2) is 0 Å². The van der Waals surface area contributed by atoms with Crippen LogP contribution in [0.2, 0.25) is 0 Å². The lowest BCUT2D eigenvalue weighted by molar-refractivity contribution is 0.475. The number of hydrogen-bond donors (Lipinski definition) is 2. The van der Waals surface area contributed by atoms with E-state index in [1.807, 2.05) is 32.2 Å². The van der Waals surface area contributed by atoms with E-state index in [9.17, 15) is 10.2 Å². The van der Waals surface area contributed by atoms with Crippen LogP contribution in [0, 0.1) is 6.92 Å². The van der Waals surface area contributed by atoms with E-state index >= 15 is 0 Å². The van der Waals surface area contributed by atoms with Crippen LogP contribution in [0.1, 0.15) is 16.7 Å². The van der Waals surface area contributed by atoms with Gasteiger partial charge < -0.3 is 19.7 Å². The van der Waals surface area contributed by atoms with E-state index < -0.39 is 0 Å². The minimum atomic E-state index is 0.266. The first kappa shape index (κ1) is 14.7. The van der Waals surface area contributed by atoms with Crippen LogP contribution in [0.25, 0.3) is 22.6 Å². The Labute approximate surface area is 140 Å². The molecule has 0 spiro atoms. The number of benzene rings is 2. The van der Waals surface area contributed by atoms with Crippen LogP contribution in [0.4, 0.5) is 5.82 Å². The van der Waals surface area contributed by atoms with Crippen LogP contribution in [0.5, 0.6) is 11.5 Å². The number of rotatable bonds is 1. The molecule has 2 heterocycles. The topological polar surface area (TPSA) is 48.6 Å². The predicted molar refractivity (Wildman–Crippen MR) is 98.6 cm³/mol. The third-order valence-electron chi connectivity index (χ3n) is 4.87. The van der Waals surface area contributed by atoms with Crippen LogP contribution in [0.3, 0.4) is 0 Å². The maximum Gasteiger partial charge on any atom is 0.128 e. The van der Waals surface area contributed by atoms with Crippen molar-refractivity contribution in [1.82, 2.24) is 4.57 Å². The molecule has 4 heteroatoms. The highest BCUT2D eigenvalue weighted by Gasteiger charge is 2.25. The Hall–Kier alpha value is -2.88. The van der Waals surface area contributed by atoms with E-state index in [0.717, 1.165) is 40.0 Å². The molecule has 0 unspecified atom stereocenters. The number of hydrogen-bond acceptors (Lipinski definition) is 3. The molecule has 122 valence electrons. The van der Waals surface area contributed by atoms with Crippen molar-refractivity contribution in [1.29, 1.82) is 0 Å². The standard InChI is InChI=1S/C20H20N2O2/c1-12-4-9-17-18(19(12)24)16-10-14(11-21(2)20(16)22(17)3)13-5-7-15(23)8-6-13/h4-10,23-24H,11H2,1-3H3. The number of fused-ring (bicyclic) bond motifs is 3. The van der Waals surface area contributed by atoms with Crippen molar-refractivity contribution in [3.63, 3.8) is 0 Å². The lowest BCUT2D eigenvalue weighted by Gasteiger charge is -2.27. The van der Waals surface area contributed by atoms with E-state index in [2.05, 4.69) is 28.7 Å². The van der Waals surface area contributed by atoms with Crippen LogP contribution in [0.15, 0.2) is 36.4 Å². The molecular formula is C20H20N2O2. The minimum Gasteiger partial charge on any atom is -0.508 e. The van der Waals surface area contributed by atoms with Crippen molar-refractivity contribution in [3.8, 4) is 11.5 Å². The molecule has 0 aliphatic carbocycles. The molecular weight excluding hydrogens is 300 g/mol. The van der Waals surface area contributed by atoms with Gasteiger partial charge in [-0.15, -0.1) is 0 Å². The number of phenolic OH excluding ortho intramolecular Hbond substituents is 2. The van der Waals surface area contributed by atoms with Crippen molar-refractivity contribution < 1.29 is 10.2 Å². The Morgan fingerprint density at radius 1 is 0.958 bits per heavy atom. The normalized spacial score (nSPS) is 14.0. The highest BCUT2D eigenvalue weighted by Crippen LogP contribution is 2.43. The largest absolute Gasteiger partial charge is 0.508 e. The zero-order valence-electron chi connectivity index (χ0n) is 14.0. The van der Waals surface area contributed by atoms with Gasteiger partial charge in [0.15, 0.2) is 0 Å². The molecule has 0 bridgehead atoms. The summed E-state index contributed by atoms with van der Waals surface area (Å²) >= 11 is 0. The first-order valence-corrected chi connectivity index (χ1v) is 7.99. The minimum absolute atomic E-state index is 0.266. The smallest absolute Gasteiger partial charge is 0.128 e. The number of aromatic nitrogens is 1. The van der Waals surface area contributed by atoms with Gasteiger partial charge in [-0.3, -0.25) is 0 Å². The summed E-state index contributed by atoms with van der Waals surface area (Å²) < 4.78 is 2.13. The Morgan fingerprint density at radius 2 is 1.67 bits per heavy atom. The van der Waals surface area contributed by atoms with Gasteiger partial charge in [-0.2, -0.15) is 0 Å². The first-order valence-electron chi connectivity index (χ1n) is 7.99. The second-order valence-electron chi connectivity index (χ2n) is 6.49. The van der Waals surface area contributed by atoms with E-state index in [4.69, 9.17) is 0 Å². The molecule has 3 aromatic rings. The van der Waals surface area contributed by atoms with Crippen molar-refractivity contribution >= 4 is 28.4 Å². The average molecular weight is 320 g/mol. The third kappa shape index (κ3) is 1.99. The molecule has 1 aliphatic heterocycles. The summed E-state index contributed by atoms with van der Waals surface area (Å²) in [6, 6.07) is 11.3. The van der Waals surface area contributed by atoms with Gasteiger partial charge in [-0.1, -0.05) is 18.2 Å². The summed E-state index contributed by atoms with van der Waals surface area (Å²) in [6.07, 6.45) is 2.16. The Kier molecular flexibility index (Phi) is 3.10. The maximum atomic E-state index is 10.6. The second kappa shape index (κ2) is 5.06. The fourth-order valence-corrected chi connectivity index (χ4v) is 3.64. The second-order valence-corrected chi connectivity index (χ2v) is 6.49. The zero-order valence-corrected chi connectivity index (χ0v) is 14.0. The van der Waals surface area contributed by atoms with Gasteiger partial charge in [-0.05, 0) is 47.9 Å². The summed E-state index contributed by atoms with van der Waals surface area (Å²) in [5.74, 6) is 1.72. The van der Waals surface area contributed by atoms with E-state index in [1.54, 1.807) is 12.1 Å². The highest BCUT2D eigenvalue weighted by atomic mass is 16.3. The molecule has 0 fully saturated rings. The van der Waals surface area contributed by atoms with Crippen molar-refractivity contribution in [3.05, 3.63) is 53.1 Å². The summed E-state index contributed by atoms with van der Waals surface area (Å²) in [5, 5.41) is 21.0. The molecule has 24 heavy (non-hydrogen) atoms. The molecule has 0 saturated heterocycles. The molecule has 0 radical (unpaired) electrons. The Bertz CT molecular complexity index is 981. The highest BCUT2D eigenvalue weighted by molar-refractivity contribution is 6.06. The van der Waals surface area contributed by atoms with Gasteiger partial charge >= 0.3 is 0 Å². The molecule has 1 aromatic heterocycles. The number of nitrogens with zero attached hydrogens (tertiary/aromatic N) is 2. The lowest BCUT2D eigenvalue weighted by Crippen LogP contribution is -2.25. The average Bonchev–Trinajstić information content (AvgIpc) is 2.85. The summed E-state index contributed by atoms with van der Waals surface area (Å²) in [5.41, 5.74) is 5.19. The fraction of sp³-hybridized carbons (Fsp3) is 0.200. The van der Waals surface area contributed by atoms with Gasteiger partial charge in [0.25, 0.3) is 0 Å². The molecule has 0 atom stereocenters. The van der Waals surface area contributed by atoms with E-state index in [0.29, 0.717) is 5.75 Å². The van der Waals surface area contributed by atoms with E-state index in [-0.39, 0.29) is 5.75 Å². The van der Waals surface area contributed by atoms with Gasteiger partial charge in [0.05, 0.1) is 10.9 Å². The Morgan fingerprint density at radius 3 is 2.38 bits per heavy atom. The SMILES string of the molecule is Cc1ccc2c(c1O)c1c(n2C)N(C)CC(c2ccc(O)cc2)=C1. The molecule has 0 amide bonds. The predicted octanol–water partition coefficient (Wildman–Crippen LogP) is 3.89. The molecule has 4 rings (SSSR count). The molecule has 2 N–H and O–H groups in total. The quantitative estimate of drug-likeness (QED) is 0.715. The van der Waals surface area contributed by atoms with Crippen LogP contribution >= 0.6 is 0 Å². The number of phenols is 2. The van der Waals surface area contributed by atoms with Gasteiger partial charge in [0, 0.05) is 26.2 Å². The molecule has 4 nitrogen and oxygen atoms in total. The summed E-state index contributed by atoms with van der Waals surface area (Å²) in [7, 11) is 4.10. The third-order valence-corrected chi connectivity index (χ3v) is 4.87. The Balaban J connectivity index is 2.00. The van der Waals surface area contributed by atoms with Crippen LogP contribution in [-0.4, -0.2) is 28.4 Å². The van der Waals surface area contributed by atoms with Crippen molar-refractivity contribution in [2.75, 3.05) is 18.5 Å². The van der Waals surface area contributed by atoms with Crippen molar-refractivity contribution in [2.45, 2.75) is 6.92 Å². The van der Waals surface area contributed by atoms with Crippen LogP contribution < -0.4 is 4.90 Å². The number of likely N-dealkylation sites (N-methyl/N-ethyl adjacent to an activating group) is 1. The maximum absolute atomic E-state index is 10.6. The first-order chi connectivity index (χ1) is 11.5. The number of aromatic hydroxyl groups is 2. The zero-order chi connectivity index (χ0) is 17.0. The molecule has 1 aliphatic rings. The fourth-order valence-electron chi connectivity index (χ4n) is 3.64. The molecule has 2 aromatic carbocycles. The number of anilines is 1. The van der Waals surface area contributed by atoms with Crippen LogP contribution in [-0.2, 0) is 7.05 Å². The summed E-state index contributed by atoms with van der Waals surface area (Å²) in [4.78, 5) is 2.20. The van der Waals surface area contributed by atoms with Crippen molar-refractivity contribution in [2.24, 2.45) is 7.05 Å². The van der Waals surface area contributed by atoms with E-state index in [1.165, 1.54) is 5.57 Å². The van der Waals surface area contributed by atoms with Gasteiger partial charge in [0.2, 0.25) is 0 Å². The number of aryl methyl sites for hydroxylation is 2. The molecule has 0 saturated carbocycles. The van der Waals surface area contributed by atoms with Gasteiger partial charge in [0.1, 0.15) is 17.3 Å².